The van der Waals surface area contributed by atoms with Gasteiger partial charge in [0.05, 0.1) is 19.1 Å². The number of benzene rings is 2. The minimum Gasteiger partial charge on any atom is -0.497 e. The summed E-state index contributed by atoms with van der Waals surface area (Å²) in [5.74, 6) is 0.812. The van der Waals surface area contributed by atoms with Crippen molar-refractivity contribution in [3.63, 3.8) is 0 Å². The normalized spacial score (nSPS) is 11.4. The summed E-state index contributed by atoms with van der Waals surface area (Å²) in [6, 6.07) is 9.94. The molecule has 0 aliphatic carbocycles. The first-order chi connectivity index (χ1) is 12.8. The molecule has 0 bridgehead atoms. The first-order valence-electron chi connectivity index (χ1n) is 8.06. The highest BCUT2D eigenvalue weighted by Crippen LogP contribution is 2.25. The van der Waals surface area contributed by atoms with Crippen molar-refractivity contribution in [1.82, 2.24) is 4.72 Å². The van der Waals surface area contributed by atoms with E-state index >= 15 is 0 Å². The van der Waals surface area contributed by atoms with E-state index in [2.05, 4.69) is 10.0 Å². The molecule has 0 saturated carbocycles. The van der Waals surface area contributed by atoms with Gasteiger partial charge < -0.3 is 14.8 Å². The van der Waals surface area contributed by atoms with Gasteiger partial charge in [0.1, 0.15) is 11.5 Å². The third-order valence-corrected chi connectivity index (χ3v) is 5.43. The predicted octanol–water partition coefficient (Wildman–Crippen LogP) is 2.57. The molecular weight excluding hydrogens is 368 g/mol. The van der Waals surface area contributed by atoms with E-state index in [1.807, 2.05) is 0 Å². The minimum atomic E-state index is -3.61. The number of nitrogens with one attached hydrogen (secondary N) is 2. The van der Waals surface area contributed by atoms with Gasteiger partial charge in [-0.1, -0.05) is 6.07 Å². The topological polar surface area (TPSA) is 93.7 Å². The lowest BCUT2D eigenvalue weighted by atomic mass is 10.1. The number of ether oxygens (including phenoxy) is 2. The summed E-state index contributed by atoms with van der Waals surface area (Å²) in [6.45, 7) is 1.69. The van der Waals surface area contributed by atoms with Crippen molar-refractivity contribution in [1.29, 1.82) is 0 Å². The van der Waals surface area contributed by atoms with Gasteiger partial charge in [-0.25, -0.2) is 13.1 Å². The summed E-state index contributed by atoms with van der Waals surface area (Å²) in [5.41, 5.74) is 1.67. The van der Waals surface area contributed by atoms with Crippen molar-refractivity contribution < 1.29 is 22.7 Å². The summed E-state index contributed by atoms with van der Waals surface area (Å²) in [5, 5.41) is 2.65. The summed E-state index contributed by atoms with van der Waals surface area (Å²) in [7, 11) is 0.820. The fraction of sp³-hybridized carbons (Fsp3) is 0.211. The Hall–Kier alpha value is -2.84. The van der Waals surface area contributed by atoms with Crippen LogP contribution in [0, 0.1) is 6.92 Å². The van der Waals surface area contributed by atoms with E-state index < -0.39 is 15.9 Å². The van der Waals surface area contributed by atoms with E-state index in [-0.39, 0.29) is 4.90 Å². The lowest BCUT2D eigenvalue weighted by molar-refractivity contribution is -0.111. The van der Waals surface area contributed by atoms with E-state index in [1.165, 1.54) is 26.3 Å². The van der Waals surface area contributed by atoms with Gasteiger partial charge >= 0.3 is 0 Å². The smallest absolute Gasteiger partial charge is 0.248 e. The largest absolute Gasteiger partial charge is 0.497 e. The Bertz CT molecular complexity index is 968. The maximum atomic E-state index is 12.2. The lowest BCUT2D eigenvalue weighted by Crippen LogP contribution is -2.20. The highest BCUT2D eigenvalue weighted by atomic mass is 32.2. The Kier molecular flexibility index (Phi) is 6.59. The molecule has 27 heavy (non-hydrogen) atoms. The molecule has 0 radical (unpaired) electrons. The minimum absolute atomic E-state index is 0.114. The predicted molar refractivity (Wildman–Crippen MR) is 105 cm³/mol. The van der Waals surface area contributed by atoms with Gasteiger partial charge in [0.2, 0.25) is 15.9 Å². The van der Waals surface area contributed by atoms with Crippen molar-refractivity contribution in [2.75, 3.05) is 26.6 Å². The van der Waals surface area contributed by atoms with Gasteiger partial charge in [-0.05, 0) is 49.9 Å². The zero-order valence-corrected chi connectivity index (χ0v) is 16.4. The number of anilines is 1. The number of amides is 1. The molecular formula is C19H22N2O5S. The third-order valence-electron chi connectivity index (χ3n) is 3.87. The highest BCUT2D eigenvalue weighted by Gasteiger charge is 2.15. The van der Waals surface area contributed by atoms with Crippen LogP contribution in [0.2, 0.25) is 0 Å². The molecule has 7 nitrogen and oxygen atoms in total. The Balaban J connectivity index is 2.19. The van der Waals surface area contributed by atoms with Crippen molar-refractivity contribution in [3.8, 4) is 11.5 Å². The second kappa shape index (κ2) is 8.70. The first-order valence-corrected chi connectivity index (χ1v) is 9.54. The maximum absolute atomic E-state index is 12.2. The van der Waals surface area contributed by atoms with Crippen LogP contribution in [0.5, 0.6) is 11.5 Å². The second-order valence-electron chi connectivity index (χ2n) is 5.62. The summed E-state index contributed by atoms with van der Waals surface area (Å²) >= 11 is 0. The van der Waals surface area contributed by atoms with Crippen molar-refractivity contribution in [2.24, 2.45) is 0 Å². The van der Waals surface area contributed by atoms with E-state index in [1.54, 1.807) is 50.4 Å². The SMILES string of the molecule is CNS(=O)(=O)c1cc(NC(=O)/C=C/c2ccc(OC)cc2OC)ccc1C. The lowest BCUT2D eigenvalue weighted by Gasteiger charge is -2.10. The molecule has 0 aliphatic rings. The number of hydrogen-bond acceptors (Lipinski definition) is 5. The Labute approximate surface area is 159 Å². The van der Waals surface area contributed by atoms with E-state index in [9.17, 15) is 13.2 Å². The molecule has 0 atom stereocenters. The molecule has 2 aromatic rings. The monoisotopic (exact) mass is 390 g/mol. The number of hydrogen-bond donors (Lipinski definition) is 2. The van der Waals surface area contributed by atoms with Gasteiger partial charge in [-0.3, -0.25) is 4.79 Å². The average molecular weight is 390 g/mol. The van der Waals surface area contributed by atoms with Gasteiger partial charge in [0, 0.05) is 23.4 Å². The molecule has 0 unspecified atom stereocenters. The van der Waals surface area contributed by atoms with Crippen LogP contribution < -0.4 is 19.5 Å². The van der Waals surface area contributed by atoms with Crippen LogP contribution in [0.4, 0.5) is 5.69 Å². The Morgan fingerprint density at radius 2 is 1.81 bits per heavy atom. The molecule has 2 aromatic carbocycles. The quantitative estimate of drug-likeness (QED) is 0.709. The molecule has 0 spiro atoms. The zero-order valence-electron chi connectivity index (χ0n) is 15.6. The van der Waals surface area contributed by atoms with Crippen LogP contribution in [-0.4, -0.2) is 35.6 Å². The standard InChI is InChI=1S/C19H22N2O5S/c1-13-5-8-15(11-18(13)27(23,24)20-2)21-19(22)10-7-14-6-9-16(25-3)12-17(14)26-4/h5-12,20H,1-4H3,(H,21,22)/b10-7+. The number of sulfonamides is 1. The van der Waals surface area contributed by atoms with Crippen molar-refractivity contribution in [2.45, 2.75) is 11.8 Å². The van der Waals surface area contributed by atoms with Crippen molar-refractivity contribution in [3.05, 3.63) is 53.6 Å². The van der Waals surface area contributed by atoms with Gasteiger partial charge in [0.15, 0.2) is 0 Å². The van der Waals surface area contributed by atoms with Gasteiger partial charge in [0.25, 0.3) is 0 Å². The Morgan fingerprint density at radius 1 is 1.07 bits per heavy atom. The summed E-state index contributed by atoms with van der Waals surface area (Å²) < 4.78 is 36.7. The van der Waals surface area contributed by atoms with Crippen LogP contribution in [-0.2, 0) is 14.8 Å². The van der Waals surface area contributed by atoms with Crippen LogP contribution in [0.15, 0.2) is 47.4 Å². The first kappa shape index (κ1) is 20.5. The molecule has 2 N–H and O–H groups in total. The van der Waals surface area contributed by atoms with Crippen LogP contribution >= 0.6 is 0 Å². The fourth-order valence-corrected chi connectivity index (χ4v) is 3.38. The summed E-state index contributed by atoms with van der Waals surface area (Å²) in [4.78, 5) is 12.3. The molecule has 1 amide bonds. The fourth-order valence-electron chi connectivity index (χ4n) is 2.38. The molecule has 0 fully saturated rings. The second-order valence-corrected chi connectivity index (χ2v) is 7.47. The molecule has 0 aromatic heterocycles. The molecule has 144 valence electrons. The number of rotatable bonds is 7. The van der Waals surface area contributed by atoms with E-state index in [0.29, 0.717) is 28.3 Å². The molecule has 0 aliphatic heterocycles. The number of aryl methyl sites for hydroxylation is 1. The molecule has 8 heteroatoms. The number of carbonyl (C=O) groups excluding carboxylic acids is 1. The van der Waals surface area contributed by atoms with Crippen LogP contribution in [0.25, 0.3) is 6.08 Å². The highest BCUT2D eigenvalue weighted by molar-refractivity contribution is 7.89. The Morgan fingerprint density at radius 3 is 2.44 bits per heavy atom. The van der Waals surface area contributed by atoms with E-state index in [4.69, 9.17) is 9.47 Å². The molecule has 0 saturated heterocycles. The number of carbonyl (C=O) groups is 1. The average Bonchev–Trinajstić information content (AvgIpc) is 2.67. The van der Waals surface area contributed by atoms with Crippen LogP contribution in [0.1, 0.15) is 11.1 Å². The summed E-state index contributed by atoms with van der Waals surface area (Å²) in [6.07, 6.45) is 2.95. The van der Waals surface area contributed by atoms with E-state index in [0.717, 1.165) is 0 Å². The van der Waals surface area contributed by atoms with Gasteiger partial charge in [-0.15, -0.1) is 0 Å². The maximum Gasteiger partial charge on any atom is 0.248 e. The van der Waals surface area contributed by atoms with Crippen LogP contribution in [0.3, 0.4) is 0 Å². The molecule has 2 rings (SSSR count). The third kappa shape index (κ3) is 5.08. The molecule has 0 heterocycles. The zero-order chi connectivity index (χ0) is 20.0. The van der Waals surface area contributed by atoms with Gasteiger partial charge in [-0.2, -0.15) is 0 Å². The number of methoxy groups -OCH3 is 2. The van der Waals surface area contributed by atoms with Crippen molar-refractivity contribution >= 4 is 27.7 Å².